The van der Waals surface area contributed by atoms with Gasteiger partial charge >= 0.3 is 5.69 Å². The van der Waals surface area contributed by atoms with E-state index in [1.807, 2.05) is 37.4 Å². The quantitative estimate of drug-likeness (QED) is 0.465. The number of amides is 1. The van der Waals surface area contributed by atoms with Crippen molar-refractivity contribution in [3.63, 3.8) is 0 Å². The smallest absolute Gasteiger partial charge is 0.299 e. The fourth-order valence-electron chi connectivity index (χ4n) is 2.18. The van der Waals surface area contributed by atoms with Gasteiger partial charge in [-0.05, 0) is 17.5 Å². The molecule has 1 aromatic carbocycles. The molecule has 6 nitrogen and oxygen atoms in total. The third kappa shape index (κ3) is 3.82. The number of aryl methyl sites for hydroxylation is 1. The summed E-state index contributed by atoms with van der Waals surface area (Å²) < 4.78 is 3.39. The molecular weight excluding hydrogens is 268 g/mol. The SMILES string of the molecule is CCCn1ccn(Cc2ccc(CC(=O)NN)cc2)c1=O. The van der Waals surface area contributed by atoms with Gasteiger partial charge in [0.05, 0.1) is 13.0 Å². The second-order valence-electron chi connectivity index (χ2n) is 4.96. The molecule has 6 heteroatoms. The number of nitrogens with one attached hydrogen (secondary N) is 1. The van der Waals surface area contributed by atoms with E-state index in [2.05, 4.69) is 5.43 Å². The Morgan fingerprint density at radius 2 is 1.76 bits per heavy atom. The normalized spacial score (nSPS) is 10.6. The molecule has 1 heterocycles. The lowest BCUT2D eigenvalue weighted by Crippen LogP contribution is -2.31. The van der Waals surface area contributed by atoms with E-state index in [0.29, 0.717) is 6.54 Å². The topological polar surface area (TPSA) is 82.1 Å². The van der Waals surface area contributed by atoms with Gasteiger partial charge in [0.1, 0.15) is 0 Å². The van der Waals surface area contributed by atoms with Gasteiger partial charge in [-0.2, -0.15) is 0 Å². The monoisotopic (exact) mass is 288 g/mol. The predicted octanol–water partition coefficient (Wildman–Crippen LogP) is 0.640. The van der Waals surface area contributed by atoms with Gasteiger partial charge in [-0.3, -0.25) is 19.4 Å². The summed E-state index contributed by atoms with van der Waals surface area (Å²) in [5.41, 5.74) is 4.01. The van der Waals surface area contributed by atoms with Gasteiger partial charge in [0.2, 0.25) is 5.91 Å². The van der Waals surface area contributed by atoms with E-state index in [4.69, 9.17) is 5.84 Å². The number of benzene rings is 1. The number of hydrogen-bond donors (Lipinski definition) is 2. The molecule has 3 N–H and O–H groups in total. The van der Waals surface area contributed by atoms with E-state index in [9.17, 15) is 9.59 Å². The number of nitrogens with two attached hydrogens (primary N) is 1. The van der Waals surface area contributed by atoms with Crippen molar-refractivity contribution in [2.24, 2.45) is 5.84 Å². The van der Waals surface area contributed by atoms with Crippen molar-refractivity contribution in [1.29, 1.82) is 0 Å². The molecule has 1 amide bonds. The highest BCUT2D eigenvalue weighted by Crippen LogP contribution is 2.06. The molecule has 0 saturated heterocycles. The van der Waals surface area contributed by atoms with Crippen molar-refractivity contribution < 1.29 is 4.79 Å². The third-order valence-corrected chi connectivity index (χ3v) is 3.28. The lowest BCUT2D eigenvalue weighted by atomic mass is 10.1. The summed E-state index contributed by atoms with van der Waals surface area (Å²) in [7, 11) is 0. The van der Waals surface area contributed by atoms with Crippen LogP contribution in [0.4, 0.5) is 0 Å². The minimum absolute atomic E-state index is 0.00318. The van der Waals surface area contributed by atoms with Crippen molar-refractivity contribution in [2.75, 3.05) is 0 Å². The fourth-order valence-corrected chi connectivity index (χ4v) is 2.18. The Labute approximate surface area is 123 Å². The van der Waals surface area contributed by atoms with Crippen LogP contribution in [0.15, 0.2) is 41.5 Å². The number of nitrogens with zero attached hydrogens (tertiary/aromatic N) is 2. The Morgan fingerprint density at radius 1 is 1.14 bits per heavy atom. The van der Waals surface area contributed by atoms with E-state index in [1.54, 1.807) is 15.3 Å². The van der Waals surface area contributed by atoms with Gasteiger partial charge < -0.3 is 0 Å². The van der Waals surface area contributed by atoms with Crippen molar-refractivity contribution in [3.8, 4) is 0 Å². The fraction of sp³-hybridized carbons (Fsp3) is 0.333. The average molecular weight is 288 g/mol. The molecular formula is C15H20N4O2. The Morgan fingerprint density at radius 3 is 2.38 bits per heavy atom. The average Bonchev–Trinajstić information content (AvgIpc) is 2.83. The predicted molar refractivity (Wildman–Crippen MR) is 80.6 cm³/mol. The molecule has 0 bridgehead atoms. The number of carbonyl (C=O) groups excluding carboxylic acids is 1. The molecule has 0 aliphatic heterocycles. The van der Waals surface area contributed by atoms with Crippen molar-refractivity contribution in [2.45, 2.75) is 32.9 Å². The Bertz CT molecular complexity index is 655. The van der Waals surface area contributed by atoms with E-state index in [1.165, 1.54) is 0 Å². The van der Waals surface area contributed by atoms with Crippen LogP contribution in [0, 0.1) is 0 Å². The van der Waals surface area contributed by atoms with Crippen molar-refractivity contribution in [1.82, 2.24) is 14.6 Å². The van der Waals surface area contributed by atoms with Crippen molar-refractivity contribution in [3.05, 3.63) is 58.3 Å². The van der Waals surface area contributed by atoms with Gasteiger partial charge in [0, 0.05) is 18.9 Å². The number of aromatic nitrogens is 2. The maximum absolute atomic E-state index is 12.1. The number of rotatable bonds is 6. The summed E-state index contributed by atoms with van der Waals surface area (Å²) in [6, 6.07) is 7.59. The Balaban J connectivity index is 2.06. The molecule has 0 saturated carbocycles. The first-order valence-electron chi connectivity index (χ1n) is 6.97. The number of imidazole rings is 1. The van der Waals surface area contributed by atoms with E-state index in [-0.39, 0.29) is 18.0 Å². The Hall–Kier alpha value is -2.34. The van der Waals surface area contributed by atoms with Crippen LogP contribution in [0.2, 0.25) is 0 Å². The lowest BCUT2D eigenvalue weighted by molar-refractivity contribution is -0.120. The van der Waals surface area contributed by atoms with Gasteiger partial charge in [-0.25, -0.2) is 10.6 Å². The maximum Gasteiger partial charge on any atom is 0.328 e. The van der Waals surface area contributed by atoms with E-state index in [0.717, 1.165) is 24.1 Å². The molecule has 2 rings (SSSR count). The molecule has 0 radical (unpaired) electrons. The van der Waals surface area contributed by atoms with Crippen LogP contribution in [-0.2, 0) is 24.3 Å². The van der Waals surface area contributed by atoms with Crippen LogP contribution in [0.25, 0.3) is 0 Å². The van der Waals surface area contributed by atoms with Crippen LogP contribution >= 0.6 is 0 Å². The van der Waals surface area contributed by atoms with Crippen molar-refractivity contribution >= 4 is 5.91 Å². The summed E-state index contributed by atoms with van der Waals surface area (Å²) in [5.74, 6) is 4.83. The molecule has 21 heavy (non-hydrogen) atoms. The molecule has 0 fully saturated rings. The van der Waals surface area contributed by atoms with Crippen LogP contribution < -0.4 is 17.0 Å². The van der Waals surface area contributed by atoms with Crippen LogP contribution in [0.1, 0.15) is 24.5 Å². The second kappa shape index (κ2) is 6.90. The summed E-state index contributed by atoms with van der Waals surface area (Å²) in [6.07, 6.45) is 4.80. The van der Waals surface area contributed by atoms with Crippen LogP contribution in [0.3, 0.4) is 0 Å². The van der Waals surface area contributed by atoms with Gasteiger partial charge in [0.25, 0.3) is 0 Å². The molecule has 112 valence electrons. The molecule has 2 aromatic rings. The van der Waals surface area contributed by atoms with Gasteiger partial charge in [-0.1, -0.05) is 31.2 Å². The molecule has 0 aliphatic carbocycles. The lowest BCUT2D eigenvalue weighted by Gasteiger charge is -2.05. The minimum atomic E-state index is -0.226. The number of carbonyl (C=O) groups is 1. The largest absolute Gasteiger partial charge is 0.328 e. The molecule has 0 atom stereocenters. The summed E-state index contributed by atoms with van der Waals surface area (Å²) >= 11 is 0. The summed E-state index contributed by atoms with van der Waals surface area (Å²) in [4.78, 5) is 23.3. The Kier molecular flexibility index (Phi) is 4.94. The minimum Gasteiger partial charge on any atom is -0.299 e. The molecule has 0 aliphatic rings. The highest BCUT2D eigenvalue weighted by molar-refractivity contribution is 5.77. The first kappa shape index (κ1) is 15.1. The zero-order valence-corrected chi connectivity index (χ0v) is 12.1. The molecule has 1 aromatic heterocycles. The number of hydrazine groups is 1. The third-order valence-electron chi connectivity index (χ3n) is 3.28. The van der Waals surface area contributed by atoms with E-state index >= 15 is 0 Å². The maximum atomic E-state index is 12.1. The molecule has 0 unspecified atom stereocenters. The zero-order valence-electron chi connectivity index (χ0n) is 12.1. The standard InChI is InChI=1S/C15H20N4O2/c1-2-7-18-8-9-19(15(18)21)11-13-5-3-12(4-6-13)10-14(20)17-16/h3-6,8-9H,2,7,10-11,16H2,1H3,(H,17,20). The second-order valence-corrected chi connectivity index (χ2v) is 4.96. The zero-order chi connectivity index (χ0) is 15.2. The molecule has 0 spiro atoms. The highest BCUT2D eigenvalue weighted by Gasteiger charge is 2.04. The summed E-state index contributed by atoms with van der Waals surface area (Å²) in [6.45, 7) is 3.30. The van der Waals surface area contributed by atoms with E-state index < -0.39 is 0 Å². The summed E-state index contributed by atoms with van der Waals surface area (Å²) in [5, 5.41) is 0. The number of hydrogen-bond acceptors (Lipinski definition) is 3. The van der Waals surface area contributed by atoms with Crippen LogP contribution in [-0.4, -0.2) is 15.0 Å². The van der Waals surface area contributed by atoms with Crippen LogP contribution in [0.5, 0.6) is 0 Å². The first-order valence-corrected chi connectivity index (χ1v) is 6.97. The van der Waals surface area contributed by atoms with Gasteiger partial charge in [0.15, 0.2) is 0 Å². The highest BCUT2D eigenvalue weighted by atomic mass is 16.2. The van der Waals surface area contributed by atoms with Gasteiger partial charge in [-0.15, -0.1) is 0 Å². The first-order chi connectivity index (χ1) is 10.1.